The number of hydrogen-bond donors (Lipinski definition) is 0. The van der Waals surface area contributed by atoms with Crippen molar-refractivity contribution in [2.45, 2.75) is 61.7 Å². The molecule has 1 unspecified atom stereocenters. The Hall–Kier alpha value is -2.42. The molecule has 3 aromatic rings. The van der Waals surface area contributed by atoms with E-state index in [0.717, 1.165) is 80.6 Å². The molecule has 0 saturated carbocycles. The molecule has 3 aromatic carbocycles. The van der Waals surface area contributed by atoms with Gasteiger partial charge in [0, 0.05) is 25.1 Å². The van der Waals surface area contributed by atoms with Gasteiger partial charge in [0.05, 0.1) is 29.8 Å². The largest absolute Gasteiger partial charge is 0.612 e. The van der Waals surface area contributed by atoms with Crippen molar-refractivity contribution in [2.24, 2.45) is 0 Å². The lowest BCUT2D eigenvalue weighted by atomic mass is 9.86. The Bertz CT molecular complexity index is 1480. The number of methoxy groups -OCH3 is 2. The van der Waals surface area contributed by atoms with E-state index in [0.29, 0.717) is 39.6 Å². The summed E-state index contributed by atoms with van der Waals surface area (Å²) in [6, 6.07) is 16.0. The predicted molar refractivity (Wildman–Crippen MR) is 184 cm³/mol. The van der Waals surface area contributed by atoms with E-state index < -0.39 is 11.2 Å². The van der Waals surface area contributed by atoms with Gasteiger partial charge in [0.2, 0.25) is 0 Å². The summed E-state index contributed by atoms with van der Waals surface area (Å²) in [4.78, 5) is 19.5. The summed E-state index contributed by atoms with van der Waals surface area (Å²) >= 11 is 11.8. The molecule has 0 aromatic heterocycles. The van der Waals surface area contributed by atoms with E-state index in [4.69, 9.17) is 32.7 Å². The normalized spacial score (nSPS) is 17.0. The van der Waals surface area contributed by atoms with E-state index in [1.165, 1.54) is 11.1 Å². The van der Waals surface area contributed by atoms with Gasteiger partial charge in [-0.15, -0.1) is 0 Å². The standard InChI is InChI=1S/C36H44Cl2N2O4S/c1-39(36(41)34-29-11-6-5-9-26(29)22-32(43-2)35(34)44-3)23-27(25-13-14-30(37)31(38)21-25)17-20-40-18-15-24(16-19-40)28-10-7-8-12-33(28)45(4)42/h7-8,10,12-14,21-22,24,27H,5-6,9,11,15-20,23H2,1-4H3/t27-,45?/m1/s1. The number of carbonyl (C=O) groups excluding carboxylic acids is 1. The number of ether oxygens (including phenoxy) is 2. The summed E-state index contributed by atoms with van der Waals surface area (Å²) in [6.45, 7) is 3.38. The van der Waals surface area contributed by atoms with Gasteiger partial charge in [0.1, 0.15) is 6.26 Å². The average Bonchev–Trinajstić information content (AvgIpc) is 3.06. The van der Waals surface area contributed by atoms with Gasteiger partial charge in [0.25, 0.3) is 5.91 Å². The first-order chi connectivity index (χ1) is 21.7. The highest BCUT2D eigenvalue weighted by Crippen LogP contribution is 2.40. The lowest BCUT2D eigenvalue weighted by molar-refractivity contribution is 0.0776. The van der Waals surface area contributed by atoms with Crippen molar-refractivity contribution in [3.63, 3.8) is 0 Å². The molecule has 2 atom stereocenters. The monoisotopic (exact) mass is 670 g/mol. The van der Waals surface area contributed by atoms with E-state index in [9.17, 15) is 9.35 Å². The fourth-order valence-corrected chi connectivity index (χ4v) is 8.20. The minimum atomic E-state index is -0.995. The number of nitrogens with zero attached hydrogens (tertiary/aromatic N) is 2. The van der Waals surface area contributed by atoms with Gasteiger partial charge in [-0.25, -0.2) is 0 Å². The van der Waals surface area contributed by atoms with Gasteiger partial charge in [-0.2, -0.15) is 0 Å². The maximum absolute atomic E-state index is 14.2. The minimum Gasteiger partial charge on any atom is -0.612 e. The molecule has 6 nitrogen and oxygen atoms in total. The number of likely N-dealkylation sites (N-methyl/N-ethyl adjacent to an activating group) is 1. The van der Waals surface area contributed by atoms with Crippen molar-refractivity contribution >= 4 is 40.3 Å². The van der Waals surface area contributed by atoms with Crippen molar-refractivity contribution < 1.29 is 18.8 Å². The third-order valence-electron chi connectivity index (χ3n) is 9.51. The predicted octanol–water partition coefficient (Wildman–Crippen LogP) is 7.75. The third-order valence-corrected chi connectivity index (χ3v) is 11.2. The summed E-state index contributed by atoms with van der Waals surface area (Å²) in [7, 11) is 5.10. The first kappa shape index (κ1) is 33.9. The van der Waals surface area contributed by atoms with Crippen LogP contribution < -0.4 is 9.47 Å². The second kappa shape index (κ2) is 15.4. The lowest BCUT2D eigenvalue weighted by Crippen LogP contribution is -2.37. The van der Waals surface area contributed by atoms with E-state index >= 15 is 0 Å². The number of halogens is 2. The van der Waals surface area contributed by atoms with Crippen molar-refractivity contribution in [2.75, 3.05) is 53.7 Å². The number of hydrogen-bond acceptors (Lipinski definition) is 5. The zero-order valence-electron chi connectivity index (χ0n) is 26.7. The second-order valence-corrected chi connectivity index (χ2v) is 14.4. The zero-order chi connectivity index (χ0) is 32.1. The van der Waals surface area contributed by atoms with Crippen LogP contribution in [0.25, 0.3) is 0 Å². The van der Waals surface area contributed by atoms with Gasteiger partial charge < -0.3 is 23.8 Å². The van der Waals surface area contributed by atoms with E-state index in [-0.39, 0.29) is 11.8 Å². The van der Waals surface area contributed by atoms with Crippen LogP contribution >= 0.6 is 23.2 Å². The molecule has 0 N–H and O–H groups in total. The van der Waals surface area contributed by atoms with E-state index in [2.05, 4.69) is 17.0 Å². The van der Waals surface area contributed by atoms with Gasteiger partial charge in [-0.1, -0.05) is 47.5 Å². The van der Waals surface area contributed by atoms with E-state index in [1.54, 1.807) is 20.5 Å². The van der Waals surface area contributed by atoms with Gasteiger partial charge in [-0.3, -0.25) is 4.79 Å². The quantitative estimate of drug-likeness (QED) is 0.195. The number of rotatable bonds is 11. The van der Waals surface area contributed by atoms with Crippen LogP contribution in [0.5, 0.6) is 11.5 Å². The van der Waals surface area contributed by atoms with Crippen molar-refractivity contribution in [3.8, 4) is 11.5 Å². The van der Waals surface area contributed by atoms with Crippen molar-refractivity contribution in [3.05, 3.63) is 86.4 Å². The zero-order valence-corrected chi connectivity index (χ0v) is 29.1. The number of benzene rings is 3. The third kappa shape index (κ3) is 7.77. The molecule has 0 spiro atoms. The molecule has 0 radical (unpaired) electrons. The number of fused-ring (bicyclic) bond motifs is 1. The van der Waals surface area contributed by atoms with Gasteiger partial charge in [0.15, 0.2) is 16.4 Å². The van der Waals surface area contributed by atoms with Crippen LogP contribution in [0.15, 0.2) is 53.4 Å². The van der Waals surface area contributed by atoms with Crippen LogP contribution in [0.4, 0.5) is 0 Å². The van der Waals surface area contributed by atoms with Crippen LogP contribution in [0.1, 0.15) is 76.6 Å². The molecule has 242 valence electrons. The fraction of sp³-hybridized carbons (Fsp3) is 0.472. The molecular formula is C36H44Cl2N2O4S. The van der Waals surface area contributed by atoms with Crippen molar-refractivity contribution in [1.29, 1.82) is 0 Å². The van der Waals surface area contributed by atoms with E-state index in [1.807, 2.05) is 48.3 Å². The summed E-state index contributed by atoms with van der Waals surface area (Å²) in [5, 5.41) is 1.04. The maximum Gasteiger partial charge on any atom is 0.257 e. The number of likely N-dealkylation sites (tertiary alicyclic amines) is 1. The lowest BCUT2D eigenvalue weighted by Gasteiger charge is -2.34. The van der Waals surface area contributed by atoms with Gasteiger partial charge in [-0.05, 0) is 123 Å². The topological polar surface area (TPSA) is 65.1 Å². The highest BCUT2D eigenvalue weighted by atomic mass is 35.5. The van der Waals surface area contributed by atoms with Gasteiger partial charge >= 0.3 is 0 Å². The molecule has 1 fully saturated rings. The summed E-state index contributed by atoms with van der Waals surface area (Å²) in [5.41, 5.74) is 5.17. The Morgan fingerprint density at radius 2 is 1.78 bits per heavy atom. The minimum absolute atomic E-state index is 0.0539. The second-order valence-electron chi connectivity index (χ2n) is 12.3. The molecule has 0 bridgehead atoms. The summed E-state index contributed by atoms with van der Waals surface area (Å²) < 4.78 is 23.8. The smallest absolute Gasteiger partial charge is 0.257 e. The summed E-state index contributed by atoms with van der Waals surface area (Å²) in [5.74, 6) is 1.54. The molecule has 45 heavy (non-hydrogen) atoms. The van der Waals surface area contributed by atoms with Crippen LogP contribution in [0.3, 0.4) is 0 Å². The SMILES string of the molecule is COc1cc2c(c(C(=O)N(C)C[C@@H](CCN3CCC(c4ccccc4[S+](C)[O-])CC3)c3ccc(Cl)c(Cl)c3)c1OC)CCCC2. The molecule has 1 saturated heterocycles. The highest BCUT2D eigenvalue weighted by molar-refractivity contribution is 7.90. The van der Waals surface area contributed by atoms with Crippen LogP contribution in [0.2, 0.25) is 10.0 Å². The van der Waals surface area contributed by atoms with Crippen LogP contribution in [0, 0.1) is 0 Å². The first-order valence-corrected chi connectivity index (χ1v) is 18.1. The number of piperidine rings is 1. The molecular weight excluding hydrogens is 627 g/mol. The number of amides is 1. The Labute approximate surface area is 281 Å². The highest BCUT2D eigenvalue weighted by Gasteiger charge is 2.30. The molecule has 5 rings (SSSR count). The maximum atomic E-state index is 14.2. The molecule has 1 aliphatic heterocycles. The fourth-order valence-electron chi connectivity index (χ4n) is 7.06. The summed E-state index contributed by atoms with van der Waals surface area (Å²) in [6.07, 6.45) is 8.64. The molecule has 1 heterocycles. The van der Waals surface area contributed by atoms with Crippen LogP contribution in [-0.4, -0.2) is 74.0 Å². The molecule has 2 aliphatic rings. The van der Waals surface area contributed by atoms with Crippen LogP contribution in [-0.2, 0) is 24.0 Å². The Kier molecular flexibility index (Phi) is 11.6. The Morgan fingerprint density at radius 3 is 2.47 bits per heavy atom. The van der Waals surface area contributed by atoms with Crippen molar-refractivity contribution in [1.82, 2.24) is 9.80 Å². The molecule has 9 heteroatoms. The first-order valence-electron chi connectivity index (χ1n) is 15.8. The average molecular weight is 672 g/mol. The number of carbonyl (C=O) groups is 1. The number of aryl methyl sites for hydroxylation is 1. The molecule has 1 amide bonds. The Balaban J connectivity index is 1.32. The Morgan fingerprint density at radius 1 is 1.04 bits per heavy atom. The molecule has 1 aliphatic carbocycles.